The van der Waals surface area contributed by atoms with Crippen LogP contribution < -0.4 is 4.74 Å². The van der Waals surface area contributed by atoms with Gasteiger partial charge in [0.2, 0.25) is 0 Å². The molecule has 3 nitrogen and oxygen atoms in total. The highest BCUT2D eigenvalue weighted by molar-refractivity contribution is 7.85. The van der Waals surface area contributed by atoms with Crippen molar-refractivity contribution < 1.29 is 19.0 Å². The molecule has 1 rings (SSSR count). The number of carboxylic acid groups (broad SMARTS) is 1. The number of hydrogen-bond donors (Lipinski definition) is 2. The average molecular weight is 228 g/mol. The number of halogens is 1. The molecule has 0 radical (unpaired) electrons. The van der Waals surface area contributed by atoms with E-state index < -0.39 is 11.8 Å². The standard InChI is InChI=1S/C10H9FO3S/c1-14-9-6(3-2-4-7(9)11)5-8(15)10(12)13/h2-5,15H,1H3,(H,12,13)/b8-5-. The molecule has 0 unspecified atom stereocenters. The lowest BCUT2D eigenvalue weighted by Gasteiger charge is -2.05. The molecule has 1 aromatic carbocycles. The topological polar surface area (TPSA) is 46.5 Å². The smallest absolute Gasteiger partial charge is 0.341 e. The van der Waals surface area contributed by atoms with Crippen molar-refractivity contribution in [1.29, 1.82) is 0 Å². The molecule has 80 valence electrons. The molecule has 0 fully saturated rings. The van der Waals surface area contributed by atoms with E-state index >= 15 is 0 Å². The number of para-hydroxylation sites is 1. The number of methoxy groups -OCH3 is 1. The summed E-state index contributed by atoms with van der Waals surface area (Å²) in [5.41, 5.74) is 0.338. The Bertz CT molecular complexity index is 415. The van der Waals surface area contributed by atoms with Gasteiger partial charge in [0.05, 0.1) is 12.0 Å². The van der Waals surface area contributed by atoms with E-state index in [1.165, 1.54) is 25.3 Å². The lowest BCUT2D eigenvalue weighted by molar-refractivity contribution is -0.131. The molecule has 15 heavy (non-hydrogen) atoms. The third-order valence-corrected chi connectivity index (χ3v) is 2.03. The quantitative estimate of drug-likeness (QED) is 0.615. The maximum atomic E-state index is 13.2. The molecule has 0 atom stereocenters. The molecule has 0 amide bonds. The molecule has 0 heterocycles. The van der Waals surface area contributed by atoms with Crippen LogP contribution in [0.15, 0.2) is 23.1 Å². The lowest BCUT2D eigenvalue weighted by atomic mass is 10.2. The van der Waals surface area contributed by atoms with E-state index in [2.05, 4.69) is 12.6 Å². The second-order valence-electron chi connectivity index (χ2n) is 2.70. The highest BCUT2D eigenvalue weighted by atomic mass is 32.1. The van der Waals surface area contributed by atoms with Crippen LogP contribution in [0.25, 0.3) is 6.08 Å². The molecule has 1 aromatic rings. The minimum Gasteiger partial charge on any atom is -0.493 e. The highest BCUT2D eigenvalue weighted by Gasteiger charge is 2.08. The summed E-state index contributed by atoms with van der Waals surface area (Å²) in [5, 5.41) is 8.60. The zero-order valence-electron chi connectivity index (χ0n) is 7.90. The molecule has 0 aliphatic heterocycles. The van der Waals surface area contributed by atoms with Crippen LogP contribution in [0, 0.1) is 5.82 Å². The number of aliphatic carboxylic acids is 1. The third kappa shape index (κ3) is 2.73. The Balaban J connectivity index is 3.20. The Morgan fingerprint density at radius 1 is 1.60 bits per heavy atom. The van der Waals surface area contributed by atoms with Gasteiger partial charge in [-0.15, -0.1) is 12.6 Å². The molecule has 0 spiro atoms. The van der Waals surface area contributed by atoms with Crippen LogP contribution >= 0.6 is 12.6 Å². The minimum atomic E-state index is -1.18. The van der Waals surface area contributed by atoms with Gasteiger partial charge < -0.3 is 9.84 Å². The van der Waals surface area contributed by atoms with Crippen LogP contribution in [0.3, 0.4) is 0 Å². The van der Waals surface area contributed by atoms with E-state index in [1.807, 2.05) is 0 Å². The Morgan fingerprint density at radius 2 is 2.27 bits per heavy atom. The third-order valence-electron chi connectivity index (χ3n) is 1.71. The number of rotatable bonds is 3. The van der Waals surface area contributed by atoms with E-state index in [0.717, 1.165) is 0 Å². The fourth-order valence-corrected chi connectivity index (χ4v) is 1.20. The second-order valence-corrected chi connectivity index (χ2v) is 3.18. The fraction of sp³-hybridized carbons (Fsp3) is 0.100. The predicted molar refractivity (Wildman–Crippen MR) is 57.6 cm³/mol. The van der Waals surface area contributed by atoms with Crippen LogP contribution in [0.4, 0.5) is 4.39 Å². The van der Waals surface area contributed by atoms with Crippen LogP contribution in [0.1, 0.15) is 5.56 Å². The summed E-state index contributed by atoms with van der Waals surface area (Å²) in [6.45, 7) is 0. The predicted octanol–water partition coefficient (Wildman–Crippen LogP) is 2.19. The van der Waals surface area contributed by atoms with E-state index in [0.29, 0.717) is 5.56 Å². The summed E-state index contributed by atoms with van der Waals surface area (Å²) in [4.78, 5) is 10.3. The SMILES string of the molecule is COc1c(F)cccc1/C=C(\S)C(=O)O. The van der Waals surface area contributed by atoms with Crippen LogP contribution in [-0.4, -0.2) is 18.2 Å². The van der Waals surface area contributed by atoms with E-state index in [-0.39, 0.29) is 10.7 Å². The number of benzene rings is 1. The van der Waals surface area contributed by atoms with Crippen molar-refractivity contribution in [3.05, 3.63) is 34.5 Å². The lowest BCUT2D eigenvalue weighted by Crippen LogP contribution is -1.95. The van der Waals surface area contributed by atoms with Gasteiger partial charge in [-0.3, -0.25) is 0 Å². The number of carboxylic acids is 1. The van der Waals surface area contributed by atoms with E-state index in [9.17, 15) is 9.18 Å². The summed E-state index contributed by atoms with van der Waals surface area (Å²) in [6.07, 6.45) is 1.23. The Kier molecular flexibility index (Phi) is 3.74. The van der Waals surface area contributed by atoms with Crippen LogP contribution in [-0.2, 0) is 4.79 Å². The fourth-order valence-electron chi connectivity index (χ4n) is 1.06. The minimum absolute atomic E-state index is 0.00491. The van der Waals surface area contributed by atoms with Crippen molar-refractivity contribution in [3.63, 3.8) is 0 Å². The Hall–Kier alpha value is -1.49. The Labute approximate surface area is 91.6 Å². The first-order chi connectivity index (χ1) is 7.06. The van der Waals surface area contributed by atoms with Crippen LogP contribution in [0.5, 0.6) is 5.75 Å². The van der Waals surface area contributed by atoms with Crippen molar-refractivity contribution in [2.75, 3.05) is 7.11 Å². The first-order valence-corrected chi connectivity index (χ1v) is 4.47. The van der Waals surface area contributed by atoms with Gasteiger partial charge in [-0.1, -0.05) is 12.1 Å². The molecule has 0 aliphatic rings. The van der Waals surface area contributed by atoms with Gasteiger partial charge in [-0.25, -0.2) is 9.18 Å². The second kappa shape index (κ2) is 4.84. The maximum absolute atomic E-state index is 13.2. The summed E-state index contributed by atoms with van der Waals surface area (Å²) in [6, 6.07) is 4.24. The Morgan fingerprint density at radius 3 is 2.80 bits per heavy atom. The number of hydrogen-bond acceptors (Lipinski definition) is 3. The summed E-state index contributed by atoms with van der Waals surface area (Å²) < 4.78 is 18.0. The highest BCUT2D eigenvalue weighted by Crippen LogP contribution is 2.25. The zero-order chi connectivity index (χ0) is 11.4. The van der Waals surface area contributed by atoms with Gasteiger partial charge in [0.15, 0.2) is 11.6 Å². The molecular formula is C10H9FO3S. The van der Waals surface area contributed by atoms with E-state index in [4.69, 9.17) is 9.84 Å². The van der Waals surface area contributed by atoms with Crippen LogP contribution in [0.2, 0.25) is 0 Å². The zero-order valence-corrected chi connectivity index (χ0v) is 8.79. The van der Waals surface area contributed by atoms with Gasteiger partial charge in [0.1, 0.15) is 0 Å². The van der Waals surface area contributed by atoms with E-state index in [1.54, 1.807) is 6.07 Å². The van der Waals surface area contributed by atoms with Gasteiger partial charge in [0.25, 0.3) is 0 Å². The van der Waals surface area contributed by atoms with Gasteiger partial charge in [-0.2, -0.15) is 0 Å². The summed E-state index contributed by atoms with van der Waals surface area (Å²) in [5.74, 6) is -1.72. The van der Waals surface area contributed by atoms with Gasteiger partial charge in [-0.05, 0) is 12.1 Å². The monoisotopic (exact) mass is 228 g/mol. The van der Waals surface area contributed by atoms with Gasteiger partial charge >= 0.3 is 5.97 Å². The largest absolute Gasteiger partial charge is 0.493 e. The molecule has 1 N–H and O–H groups in total. The molecule has 0 saturated carbocycles. The molecule has 0 aromatic heterocycles. The van der Waals surface area contributed by atoms with Crippen molar-refractivity contribution in [2.24, 2.45) is 0 Å². The normalized spacial score (nSPS) is 11.3. The number of carbonyl (C=O) groups is 1. The average Bonchev–Trinajstić information content (AvgIpc) is 2.18. The molecule has 5 heteroatoms. The molecular weight excluding hydrogens is 219 g/mol. The molecule has 0 aliphatic carbocycles. The first kappa shape index (κ1) is 11.6. The number of ether oxygens (including phenoxy) is 1. The van der Waals surface area contributed by atoms with Gasteiger partial charge in [0, 0.05) is 5.56 Å². The maximum Gasteiger partial charge on any atom is 0.341 e. The van der Waals surface area contributed by atoms with Crippen molar-refractivity contribution in [2.45, 2.75) is 0 Å². The summed E-state index contributed by atoms with van der Waals surface area (Å²) >= 11 is 3.74. The van der Waals surface area contributed by atoms with Crippen molar-refractivity contribution >= 4 is 24.7 Å². The summed E-state index contributed by atoms with van der Waals surface area (Å²) in [7, 11) is 1.31. The number of thiol groups is 1. The first-order valence-electron chi connectivity index (χ1n) is 4.02. The van der Waals surface area contributed by atoms with Crippen molar-refractivity contribution in [1.82, 2.24) is 0 Å². The van der Waals surface area contributed by atoms with Crippen molar-refractivity contribution in [3.8, 4) is 5.75 Å². The molecule has 0 bridgehead atoms. The molecule has 0 saturated heterocycles.